The van der Waals surface area contributed by atoms with Crippen molar-refractivity contribution in [1.82, 2.24) is 15.3 Å². The van der Waals surface area contributed by atoms with Gasteiger partial charge in [-0.1, -0.05) is 12.1 Å². The average Bonchev–Trinajstić information content (AvgIpc) is 3.11. The molecule has 2 heterocycles. The predicted octanol–water partition coefficient (Wildman–Crippen LogP) is 3.59. The Morgan fingerprint density at radius 1 is 1.25 bits per heavy atom. The number of carbonyl (C=O) groups is 1. The van der Waals surface area contributed by atoms with E-state index in [0.717, 1.165) is 39.0 Å². The van der Waals surface area contributed by atoms with Gasteiger partial charge in [-0.25, -0.2) is 4.98 Å². The lowest BCUT2D eigenvalue weighted by Gasteiger charge is -2.36. The second kappa shape index (κ2) is 6.55. The molecular formula is C22H25N3O3. The lowest BCUT2D eigenvalue weighted by molar-refractivity contribution is -0.137. The van der Waals surface area contributed by atoms with Gasteiger partial charge in [0.15, 0.2) is 5.60 Å². The number of nitrogens with one attached hydrogen (secondary N) is 2. The molecule has 0 radical (unpaired) electrons. The first-order chi connectivity index (χ1) is 13.3. The van der Waals surface area contributed by atoms with E-state index in [9.17, 15) is 9.90 Å². The summed E-state index contributed by atoms with van der Waals surface area (Å²) in [7, 11) is 0. The minimum atomic E-state index is -0.959. The van der Waals surface area contributed by atoms with Crippen LogP contribution in [0.4, 0.5) is 0 Å². The van der Waals surface area contributed by atoms with Crippen molar-refractivity contribution in [3.8, 4) is 11.5 Å². The monoisotopic (exact) mass is 379 g/mol. The number of benzene rings is 2. The molecule has 0 fully saturated rings. The number of fused-ring (bicyclic) bond motifs is 2. The SMILES string of the molecule is Cc1c(C)c2c(c(C)c1O)CC[C@@](C)(C(=O)NCc1nc3ccccc3[nH]1)O2. The van der Waals surface area contributed by atoms with Gasteiger partial charge in [0.05, 0.1) is 17.6 Å². The highest BCUT2D eigenvalue weighted by atomic mass is 16.5. The molecule has 1 atom stereocenters. The normalized spacial score (nSPS) is 18.6. The average molecular weight is 379 g/mol. The molecule has 1 amide bonds. The number of H-pyrrole nitrogens is 1. The Balaban J connectivity index is 1.53. The maximum Gasteiger partial charge on any atom is 0.264 e. The van der Waals surface area contributed by atoms with Gasteiger partial charge in [-0.15, -0.1) is 0 Å². The van der Waals surface area contributed by atoms with Crippen LogP contribution >= 0.6 is 0 Å². The van der Waals surface area contributed by atoms with Crippen LogP contribution in [0.15, 0.2) is 24.3 Å². The second-order valence-corrected chi connectivity index (χ2v) is 7.75. The maximum absolute atomic E-state index is 12.9. The molecule has 146 valence electrons. The van der Waals surface area contributed by atoms with E-state index in [1.54, 1.807) is 0 Å². The summed E-state index contributed by atoms with van der Waals surface area (Å²) in [6, 6.07) is 7.77. The molecule has 2 aromatic carbocycles. The molecule has 0 unspecified atom stereocenters. The zero-order chi connectivity index (χ0) is 20.1. The predicted molar refractivity (Wildman–Crippen MR) is 108 cm³/mol. The highest BCUT2D eigenvalue weighted by Crippen LogP contribution is 2.43. The van der Waals surface area contributed by atoms with Crippen LogP contribution < -0.4 is 10.1 Å². The Morgan fingerprint density at radius 3 is 2.75 bits per heavy atom. The Bertz CT molecular complexity index is 1050. The lowest BCUT2D eigenvalue weighted by Crippen LogP contribution is -2.50. The molecular weight excluding hydrogens is 354 g/mol. The Labute approximate surface area is 163 Å². The number of hydrogen-bond donors (Lipinski definition) is 3. The number of phenols is 1. The van der Waals surface area contributed by atoms with E-state index < -0.39 is 5.60 Å². The number of aromatic nitrogens is 2. The van der Waals surface area contributed by atoms with E-state index in [1.165, 1.54) is 0 Å². The third kappa shape index (κ3) is 2.89. The van der Waals surface area contributed by atoms with Gasteiger partial charge in [-0.05, 0) is 62.9 Å². The summed E-state index contributed by atoms with van der Waals surface area (Å²) in [4.78, 5) is 20.7. The molecule has 1 aromatic heterocycles. The smallest absolute Gasteiger partial charge is 0.264 e. The third-order valence-electron chi connectivity index (χ3n) is 5.85. The molecule has 28 heavy (non-hydrogen) atoms. The first-order valence-corrected chi connectivity index (χ1v) is 9.52. The fraction of sp³-hybridized carbons (Fsp3) is 0.364. The van der Waals surface area contributed by atoms with Gasteiger partial charge in [0.1, 0.15) is 17.3 Å². The van der Waals surface area contributed by atoms with Crippen LogP contribution in [0.25, 0.3) is 11.0 Å². The summed E-state index contributed by atoms with van der Waals surface area (Å²) < 4.78 is 6.22. The number of carbonyl (C=O) groups excluding carboxylic acids is 1. The van der Waals surface area contributed by atoms with Crippen molar-refractivity contribution >= 4 is 16.9 Å². The zero-order valence-corrected chi connectivity index (χ0v) is 16.6. The maximum atomic E-state index is 12.9. The number of aromatic amines is 1. The molecule has 0 saturated heterocycles. The summed E-state index contributed by atoms with van der Waals surface area (Å²) in [5.41, 5.74) is 4.37. The number of rotatable bonds is 3. The minimum absolute atomic E-state index is 0.165. The quantitative estimate of drug-likeness (QED) is 0.649. The molecule has 1 aliphatic heterocycles. The summed E-state index contributed by atoms with van der Waals surface area (Å²) in [5, 5.41) is 13.3. The molecule has 0 spiro atoms. The van der Waals surface area contributed by atoms with Crippen LogP contribution in [0.3, 0.4) is 0 Å². The van der Waals surface area contributed by atoms with Gasteiger partial charge < -0.3 is 20.1 Å². The number of hydrogen-bond acceptors (Lipinski definition) is 4. The molecule has 6 heteroatoms. The summed E-state index contributed by atoms with van der Waals surface area (Å²) >= 11 is 0. The van der Waals surface area contributed by atoms with E-state index >= 15 is 0 Å². The van der Waals surface area contributed by atoms with Gasteiger partial charge >= 0.3 is 0 Å². The van der Waals surface area contributed by atoms with E-state index in [2.05, 4.69) is 15.3 Å². The highest BCUT2D eigenvalue weighted by Gasteiger charge is 2.40. The standard InChI is InChI=1S/C22H25N3O3/c1-12-13(2)20-15(14(3)19(12)26)9-10-22(4,28-20)21(27)23-11-18-24-16-7-5-6-8-17(16)25-18/h5-8,26H,9-11H2,1-4H3,(H,23,27)(H,24,25)/t22-/m0/s1. The Morgan fingerprint density at radius 2 is 2.00 bits per heavy atom. The van der Waals surface area contributed by atoms with E-state index in [0.29, 0.717) is 31.0 Å². The number of aromatic hydroxyl groups is 1. The first kappa shape index (κ1) is 18.3. The van der Waals surface area contributed by atoms with Gasteiger partial charge in [-0.2, -0.15) is 0 Å². The number of imidazole rings is 1. The number of phenolic OH excluding ortho intramolecular Hbond substituents is 1. The number of ether oxygens (including phenoxy) is 1. The fourth-order valence-electron chi connectivity index (χ4n) is 3.85. The zero-order valence-electron chi connectivity index (χ0n) is 16.6. The number of nitrogens with zero attached hydrogens (tertiary/aromatic N) is 1. The molecule has 3 aromatic rings. The van der Waals surface area contributed by atoms with Crippen LogP contribution in [0.2, 0.25) is 0 Å². The van der Waals surface area contributed by atoms with Gasteiger partial charge in [-0.3, -0.25) is 4.79 Å². The van der Waals surface area contributed by atoms with Crippen LogP contribution in [0.5, 0.6) is 11.5 Å². The number of para-hydroxylation sites is 2. The molecule has 4 rings (SSSR count). The van der Waals surface area contributed by atoms with E-state index in [-0.39, 0.29) is 5.91 Å². The summed E-state index contributed by atoms with van der Waals surface area (Å²) in [6.07, 6.45) is 1.24. The van der Waals surface area contributed by atoms with E-state index in [4.69, 9.17) is 4.74 Å². The van der Waals surface area contributed by atoms with Crippen molar-refractivity contribution < 1.29 is 14.6 Å². The van der Waals surface area contributed by atoms with Crippen molar-refractivity contribution in [2.75, 3.05) is 0 Å². The first-order valence-electron chi connectivity index (χ1n) is 9.52. The highest BCUT2D eigenvalue weighted by molar-refractivity contribution is 5.86. The minimum Gasteiger partial charge on any atom is -0.507 e. The summed E-state index contributed by atoms with van der Waals surface area (Å²) in [6.45, 7) is 7.82. The van der Waals surface area contributed by atoms with Crippen LogP contribution in [-0.4, -0.2) is 26.6 Å². The van der Waals surface area contributed by atoms with Gasteiger partial charge in [0.2, 0.25) is 0 Å². The van der Waals surface area contributed by atoms with Crippen LogP contribution in [0, 0.1) is 20.8 Å². The van der Waals surface area contributed by atoms with Crippen molar-refractivity contribution in [3.63, 3.8) is 0 Å². The third-order valence-corrected chi connectivity index (χ3v) is 5.85. The molecule has 0 saturated carbocycles. The van der Waals surface area contributed by atoms with Gasteiger partial charge in [0.25, 0.3) is 5.91 Å². The fourth-order valence-corrected chi connectivity index (χ4v) is 3.85. The summed E-state index contributed by atoms with van der Waals surface area (Å²) in [5.74, 6) is 1.58. The molecule has 0 aliphatic carbocycles. The van der Waals surface area contributed by atoms with Crippen LogP contribution in [0.1, 0.15) is 41.4 Å². The number of amides is 1. The van der Waals surface area contributed by atoms with Crippen molar-refractivity contribution in [2.45, 2.75) is 52.7 Å². The van der Waals surface area contributed by atoms with Crippen molar-refractivity contribution in [1.29, 1.82) is 0 Å². The van der Waals surface area contributed by atoms with Crippen molar-refractivity contribution in [2.24, 2.45) is 0 Å². The molecule has 3 N–H and O–H groups in total. The molecule has 0 bridgehead atoms. The Kier molecular flexibility index (Phi) is 4.29. The Hall–Kier alpha value is -3.02. The van der Waals surface area contributed by atoms with Crippen LogP contribution in [-0.2, 0) is 17.8 Å². The lowest BCUT2D eigenvalue weighted by atomic mass is 9.86. The van der Waals surface area contributed by atoms with E-state index in [1.807, 2.05) is 52.0 Å². The van der Waals surface area contributed by atoms with Gasteiger partial charge in [0, 0.05) is 12.0 Å². The largest absolute Gasteiger partial charge is 0.507 e. The molecule has 6 nitrogen and oxygen atoms in total. The van der Waals surface area contributed by atoms with Crippen molar-refractivity contribution in [3.05, 3.63) is 52.3 Å². The second-order valence-electron chi connectivity index (χ2n) is 7.75. The molecule has 1 aliphatic rings. The topological polar surface area (TPSA) is 87.2 Å².